The first-order chi connectivity index (χ1) is 9.58. The second kappa shape index (κ2) is 4.55. The van der Waals surface area contributed by atoms with Crippen LogP contribution in [0, 0.1) is 15.9 Å². The van der Waals surface area contributed by atoms with Crippen LogP contribution in [0.25, 0.3) is 0 Å². The predicted octanol–water partition coefficient (Wildman–Crippen LogP) is 1.83. The molecule has 0 amide bonds. The van der Waals surface area contributed by atoms with Crippen molar-refractivity contribution in [2.75, 3.05) is 5.73 Å². The van der Waals surface area contributed by atoms with E-state index in [9.17, 15) is 14.5 Å². The number of nitrogens with two attached hydrogens (primary N) is 1. The van der Waals surface area contributed by atoms with Crippen LogP contribution < -0.4 is 5.73 Å². The summed E-state index contributed by atoms with van der Waals surface area (Å²) >= 11 is 0. The van der Waals surface area contributed by atoms with Gasteiger partial charge in [0.15, 0.2) is 5.82 Å². The minimum Gasteiger partial charge on any atom is -0.381 e. The van der Waals surface area contributed by atoms with E-state index in [-0.39, 0.29) is 12.1 Å². The molecule has 0 radical (unpaired) electrons. The highest BCUT2D eigenvalue weighted by Crippen LogP contribution is 2.42. The zero-order chi connectivity index (χ0) is 14.3. The number of nitrogen functional groups attached to an aromatic ring is 1. The van der Waals surface area contributed by atoms with Crippen LogP contribution in [0.15, 0.2) is 18.2 Å². The maximum absolute atomic E-state index is 14.0. The average molecular weight is 277 g/mol. The molecule has 104 valence electrons. The van der Waals surface area contributed by atoms with Crippen LogP contribution >= 0.6 is 0 Å². The lowest BCUT2D eigenvalue weighted by molar-refractivity contribution is -0.387. The van der Waals surface area contributed by atoms with Crippen LogP contribution in [0.2, 0.25) is 0 Å². The van der Waals surface area contributed by atoms with Gasteiger partial charge in [0.25, 0.3) is 0 Å². The van der Waals surface area contributed by atoms with Gasteiger partial charge in [-0.3, -0.25) is 10.1 Å². The van der Waals surface area contributed by atoms with Gasteiger partial charge in [0.1, 0.15) is 0 Å². The van der Waals surface area contributed by atoms with E-state index in [0.29, 0.717) is 11.7 Å². The van der Waals surface area contributed by atoms with Crippen LogP contribution in [0.4, 0.5) is 15.9 Å². The maximum atomic E-state index is 14.0. The highest BCUT2D eigenvalue weighted by atomic mass is 19.1. The summed E-state index contributed by atoms with van der Waals surface area (Å²) in [5, 5.41) is 18.4. The number of benzene rings is 1. The number of nitro benzene ring substituents is 1. The number of rotatable bonds is 4. The number of nitro groups is 1. The molecule has 2 N–H and O–H groups in total. The van der Waals surface area contributed by atoms with Crippen molar-refractivity contribution in [3.05, 3.63) is 45.4 Å². The Morgan fingerprint density at radius 3 is 2.90 bits per heavy atom. The molecule has 0 aliphatic heterocycles. The fraction of sp³-hybridized carbons (Fsp3) is 0.333. The smallest absolute Gasteiger partial charge is 0.305 e. The van der Waals surface area contributed by atoms with E-state index in [0.717, 1.165) is 24.6 Å². The molecule has 1 heterocycles. The third-order valence-electron chi connectivity index (χ3n) is 3.34. The summed E-state index contributed by atoms with van der Waals surface area (Å²) in [5.41, 5.74) is 6.21. The number of halogens is 1. The quantitative estimate of drug-likeness (QED) is 0.678. The average Bonchev–Trinajstić information content (AvgIpc) is 3.17. The Kier molecular flexibility index (Phi) is 2.85. The largest absolute Gasteiger partial charge is 0.381 e. The van der Waals surface area contributed by atoms with Crippen molar-refractivity contribution in [2.24, 2.45) is 0 Å². The second-order valence-corrected chi connectivity index (χ2v) is 4.80. The van der Waals surface area contributed by atoms with E-state index in [1.54, 1.807) is 0 Å². The van der Waals surface area contributed by atoms with E-state index < -0.39 is 16.4 Å². The Morgan fingerprint density at radius 1 is 1.50 bits per heavy atom. The molecule has 0 atom stereocenters. The van der Waals surface area contributed by atoms with E-state index in [1.165, 1.54) is 16.8 Å². The first-order valence-electron chi connectivity index (χ1n) is 6.18. The van der Waals surface area contributed by atoms with Crippen molar-refractivity contribution in [2.45, 2.75) is 25.3 Å². The molecule has 8 heteroatoms. The Morgan fingerprint density at radius 2 is 2.25 bits per heavy atom. The van der Waals surface area contributed by atoms with Gasteiger partial charge < -0.3 is 5.73 Å². The van der Waals surface area contributed by atoms with Gasteiger partial charge in [0.2, 0.25) is 5.82 Å². The fourth-order valence-corrected chi connectivity index (χ4v) is 2.22. The van der Waals surface area contributed by atoms with Crippen LogP contribution in [-0.2, 0) is 6.54 Å². The van der Waals surface area contributed by atoms with Crippen molar-refractivity contribution in [1.82, 2.24) is 15.0 Å². The summed E-state index contributed by atoms with van der Waals surface area (Å²) in [6, 6.07) is 4.08. The van der Waals surface area contributed by atoms with Crippen LogP contribution in [-0.4, -0.2) is 19.9 Å². The molecule has 3 rings (SSSR count). The van der Waals surface area contributed by atoms with Crippen molar-refractivity contribution < 1.29 is 9.31 Å². The molecule has 0 saturated heterocycles. The molecule has 1 aromatic heterocycles. The van der Waals surface area contributed by atoms with E-state index >= 15 is 0 Å². The van der Waals surface area contributed by atoms with Gasteiger partial charge >= 0.3 is 5.69 Å². The Labute approximate surface area is 113 Å². The van der Waals surface area contributed by atoms with Crippen LogP contribution in [0.1, 0.15) is 30.0 Å². The molecule has 1 aromatic carbocycles. The topological polar surface area (TPSA) is 99.9 Å². The van der Waals surface area contributed by atoms with Gasteiger partial charge in [-0.15, -0.1) is 5.10 Å². The molecule has 20 heavy (non-hydrogen) atoms. The molecule has 1 aliphatic carbocycles. The SMILES string of the molecule is Nc1nnn(Cc2cccc([N+](=O)[O-])c2F)c1C1CC1. The summed E-state index contributed by atoms with van der Waals surface area (Å²) in [7, 11) is 0. The number of hydrogen-bond acceptors (Lipinski definition) is 5. The molecule has 0 spiro atoms. The summed E-state index contributed by atoms with van der Waals surface area (Å²) < 4.78 is 15.6. The lowest BCUT2D eigenvalue weighted by Gasteiger charge is -2.07. The van der Waals surface area contributed by atoms with Gasteiger partial charge in [0, 0.05) is 17.5 Å². The third-order valence-corrected chi connectivity index (χ3v) is 3.34. The van der Waals surface area contributed by atoms with Gasteiger partial charge in [-0.25, -0.2) is 4.68 Å². The van der Waals surface area contributed by atoms with E-state index in [4.69, 9.17) is 5.73 Å². The van der Waals surface area contributed by atoms with Gasteiger partial charge in [0.05, 0.1) is 17.2 Å². The van der Waals surface area contributed by atoms with Crippen LogP contribution in [0.3, 0.4) is 0 Å². The fourth-order valence-electron chi connectivity index (χ4n) is 2.22. The summed E-state index contributed by atoms with van der Waals surface area (Å²) in [4.78, 5) is 9.99. The number of anilines is 1. The molecule has 7 nitrogen and oxygen atoms in total. The summed E-state index contributed by atoms with van der Waals surface area (Å²) in [6.07, 6.45) is 2.02. The Balaban J connectivity index is 1.96. The van der Waals surface area contributed by atoms with Crippen molar-refractivity contribution in [3.8, 4) is 0 Å². The first-order valence-corrected chi connectivity index (χ1v) is 6.18. The molecule has 0 unspecified atom stereocenters. The predicted molar refractivity (Wildman–Crippen MR) is 68.6 cm³/mol. The molecule has 1 saturated carbocycles. The highest BCUT2D eigenvalue weighted by Gasteiger charge is 2.31. The van der Waals surface area contributed by atoms with Gasteiger partial charge in [-0.1, -0.05) is 17.3 Å². The van der Waals surface area contributed by atoms with Crippen molar-refractivity contribution >= 4 is 11.5 Å². The van der Waals surface area contributed by atoms with Crippen molar-refractivity contribution in [1.29, 1.82) is 0 Å². The van der Waals surface area contributed by atoms with Gasteiger partial charge in [-0.2, -0.15) is 4.39 Å². The maximum Gasteiger partial charge on any atom is 0.305 e. The van der Waals surface area contributed by atoms with Crippen LogP contribution in [0.5, 0.6) is 0 Å². The highest BCUT2D eigenvalue weighted by molar-refractivity contribution is 5.40. The molecular formula is C12H12FN5O2. The standard InChI is InChI=1S/C12H12FN5O2/c13-10-8(2-1-3-9(10)18(19)20)6-17-11(7-4-5-7)12(14)15-16-17/h1-3,7H,4-6,14H2. The molecule has 2 aromatic rings. The monoisotopic (exact) mass is 277 g/mol. The molecular weight excluding hydrogens is 265 g/mol. The first kappa shape index (κ1) is 12.5. The van der Waals surface area contributed by atoms with E-state index in [2.05, 4.69) is 10.3 Å². The zero-order valence-corrected chi connectivity index (χ0v) is 10.5. The normalized spacial score (nSPS) is 14.4. The second-order valence-electron chi connectivity index (χ2n) is 4.80. The Bertz CT molecular complexity index is 680. The lowest BCUT2D eigenvalue weighted by atomic mass is 10.1. The number of hydrogen-bond donors (Lipinski definition) is 1. The summed E-state index contributed by atoms with van der Waals surface area (Å²) in [6.45, 7) is 0.0869. The Hall–Kier alpha value is -2.51. The molecule has 0 bridgehead atoms. The molecule has 1 fully saturated rings. The van der Waals surface area contributed by atoms with E-state index in [1.807, 2.05) is 0 Å². The minimum atomic E-state index is -0.840. The number of aromatic nitrogens is 3. The van der Waals surface area contributed by atoms with Crippen molar-refractivity contribution in [3.63, 3.8) is 0 Å². The third kappa shape index (κ3) is 2.09. The number of nitrogens with zero attached hydrogens (tertiary/aromatic N) is 4. The molecule has 1 aliphatic rings. The van der Waals surface area contributed by atoms with Gasteiger partial charge in [-0.05, 0) is 12.8 Å². The zero-order valence-electron chi connectivity index (χ0n) is 10.5. The lowest BCUT2D eigenvalue weighted by Crippen LogP contribution is -2.09. The summed E-state index contributed by atoms with van der Waals surface area (Å²) in [5.74, 6) is -0.182. The minimum absolute atomic E-state index is 0.0869.